The molecule has 110 valence electrons. The van der Waals surface area contributed by atoms with Gasteiger partial charge in [-0.15, -0.1) is 0 Å². The molecule has 0 N–H and O–H groups in total. The third kappa shape index (κ3) is 2.51. The third-order valence-corrected chi connectivity index (χ3v) is 4.81. The Kier molecular flexibility index (Phi) is 3.85. The van der Waals surface area contributed by atoms with E-state index in [4.69, 9.17) is 11.6 Å². The van der Waals surface area contributed by atoms with Crippen LogP contribution in [0.15, 0.2) is 24.3 Å². The number of ketones is 1. The summed E-state index contributed by atoms with van der Waals surface area (Å²) in [6.07, 6.45) is 2.27. The first-order chi connectivity index (χ1) is 10.1. The Morgan fingerprint density at radius 1 is 1.43 bits per heavy atom. The molecule has 3 nitrogen and oxygen atoms in total. The van der Waals surface area contributed by atoms with Gasteiger partial charge in [0, 0.05) is 12.5 Å². The highest BCUT2D eigenvalue weighted by Crippen LogP contribution is 2.35. The summed E-state index contributed by atoms with van der Waals surface area (Å²) in [5.41, 5.74) is 4.15. The van der Waals surface area contributed by atoms with Gasteiger partial charge in [-0.05, 0) is 37.8 Å². The summed E-state index contributed by atoms with van der Waals surface area (Å²) in [7, 11) is 0. The Bertz CT molecular complexity index is 690. The molecular weight excluding hydrogens is 284 g/mol. The maximum atomic E-state index is 12.7. The standard InChI is InChI=1S/C17H19ClN2O/c1-3-20-15(17(18)11(2)19-20)10-16(21)14-9-8-12-6-4-5-7-13(12)14/h4-7,14H,3,8-10H2,1-2H3. The molecule has 1 aromatic carbocycles. The van der Waals surface area contributed by atoms with E-state index in [2.05, 4.69) is 17.2 Å². The van der Waals surface area contributed by atoms with Crippen LogP contribution in [0, 0.1) is 6.92 Å². The van der Waals surface area contributed by atoms with Crippen LogP contribution in [0.5, 0.6) is 0 Å². The van der Waals surface area contributed by atoms with Crippen LogP contribution in [0.2, 0.25) is 5.02 Å². The highest BCUT2D eigenvalue weighted by Gasteiger charge is 2.29. The second-order valence-electron chi connectivity index (χ2n) is 5.60. The lowest BCUT2D eigenvalue weighted by Gasteiger charge is -2.11. The Balaban J connectivity index is 1.85. The van der Waals surface area contributed by atoms with Crippen LogP contribution in [0.3, 0.4) is 0 Å². The first-order valence-corrected chi connectivity index (χ1v) is 7.82. The van der Waals surface area contributed by atoms with E-state index in [9.17, 15) is 4.79 Å². The fourth-order valence-electron chi connectivity index (χ4n) is 3.22. The van der Waals surface area contributed by atoms with E-state index >= 15 is 0 Å². The molecule has 1 unspecified atom stereocenters. The minimum absolute atomic E-state index is 0.0118. The number of aromatic nitrogens is 2. The van der Waals surface area contributed by atoms with Crippen LogP contribution in [0.4, 0.5) is 0 Å². The van der Waals surface area contributed by atoms with Crippen molar-refractivity contribution in [2.24, 2.45) is 0 Å². The van der Waals surface area contributed by atoms with E-state index in [1.807, 2.05) is 30.7 Å². The van der Waals surface area contributed by atoms with Gasteiger partial charge >= 0.3 is 0 Å². The lowest BCUT2D eigenvalue weighted by atomic mass is 9.94. The highest BCUT2D eigenvalue weighted by molar-refractivity contribution is 6.32. The molecule has 4 heteroatoms. The van der Waals surface area contributed by atoms with Gasteiger partial charge < -0.3 is 0 Å². The van der Waals surface area contributed by atoms with E-state index in [-0.39, 0.29) is 11.7 Å². The van der Waals surface area contributed by atoms with Crippen LogP contribution >= 0.6 is 11.6 Å². The Morgan fingerprint density at radius 2 is 2.19 bits per heavy atom. The van der Waals surface area contributed by atoms with Crippen LogP contribution in [0.25, 0.3) is 0 Å². The van der Waals surface area contributed by atoms with E-state index in [1.165, 1.54) is 11.1 Å². The molecule has 1 aromatic heterocycles. The molecule has 1 atom stereocenters. The molecule has 0 fully saturated rings. The van der Waals surface area contributed by atoms with Crippen molar-refractivity contribution in [1.29, 1.82) is 0 Å². The number of hydrogen-bond donors (Lipinski definition) is 0. The van der Waals surface area contributed by atoms with Gasteiger partial charge in [0.25, 0.3) is 0 Å². The van der Waals surface area contributed by atoms with Gasteiger partial charge in [0.05, 0.1) is 22.8 Å². The summed E-state index contributed by atoms with van der Waals surface area (Å²) in [5, 5.41) is 5.02. The smallest absolute Gasteiger partial charge is 0.146 e. The molecule has 0 aliphatic heterocycles. The zero-order chi connectivity index (χ0) is 15.0. The van der Waals surface area contributed by atoms with Crippen molar-refractivity contribution in [3.8, 4) is 0 Å². The predicted octanol–water partition coefficient (Wildman–Crippen LogP) is 3.71. The van der Waals surface area contributed by atoms with Crippen LogP contribution in [-0.4, -0.2) is 15.6 Å². The highest BCUT2D eigenvalue weighted by atomic mass is 35.5. The van der Waals surface area contributed by atoms with Gasteiger partial charge in [-0.25, -0.2) is 0 Å². The molecule has 21 heavy (non-hydrogen) atoms. The number of nitrogens with zero attached hydrogens (tertiary/aromatic N) is 2. The monoisotopic (exact) mass is 302 g/mol. The number of hydrogen-bond acceptors (Lipinski definition) is 2. The van der Waals surface area contributed by atoms with Crippen molar-refractivity contribution in [2.45, 2.75) is 45.6 Å². The summed E-state index contributed by atoms with van der Waals surface area (Å²) in [6.45, 7) is 4.63. The molecule has 0 saturated carbocycles. The first-order valence-electron chi connectivity index (χ1n) is 7.44. The number of Topliss-reactive ketones (excluding diaryl/α,β-unsaturated/α-hetero) is 1. The zero-order valence-corrected chi connectivity index (χ0v) is 13.2. The number of rotatable bonds is 4. The summed E-state index contributed by atoms with van der Waals surface area (Å²) < 4.78 is 1.84. The number of halogens is 1. The lowest BCUT2D eigenvalue weighted by molar-refractivity contribution is -0.119. The second-order valence-corrected chi connectivity index (χ2v) is 5.97. The molecule has 1 aliphatic carbocycles. The van der Waals surface area contributed by atoms with Crippen molar-refractivity contribution in [2.75, 3.05) is 0 Å². The summed E-state index contributed by atoms with van der Waals surface area (Å²) in [4.78, 5) is 12.7. The SMILES string of the molecule is CCn1nc(C)c(Cl)c1CC(=O)C1CCc2ccccc21. The van der Waals surface area contributed by atoms with Gasteiger partial charge in [0.15, 0.2) is 0 Å². The molecule has 0 bridgehead atoms. The van der Waals surface area contributed by atoms with E-state index in [0.29, 0.717) is 11.4 Å². The normalized spacial score (nSPS) is 17.0. The fraction of sp³-hybridized carbons (Fsp3) is 0.412. The van der Waals surface area contributed by atoms with Crippen molar-refractivity contribution >= 4 is 17.4 Å². The molecule has 0 radical (unpaired) electrons. The van der Waals surface area contributed by atoms with Gasteiger partial charge in [0.2, 0.25) is 0 Å². The summed E-state index contributed by atoms with van der Waals surface area (Å²) in [5.74, 6) is 0.259. The minimum Gasteiger partial charge on any atom is -0.299 e. The van der Waals surface area contributed by atoms with Gasteiger partial charge in [0.1, 0.15) is 5.78 Å². The topological polar surface area (TPSA) is 34.9 Å². The maximum absolute atomic E-state index is 12.7. The number of aryl methyl sites for hydroxylation is 3. The molecule has 3 rings (SSSR count). The number of fused-ring (bicyclic) bond motifs is 1. The van der Waals surface area contributed by atoms with Crippen molar-refractivity contribution < 1.29 is 4.79 Å². The van der Waals surface area contributed by atoms with Gasteiger partial charge in [-0.3, -0.25) is 9.48 Å². The molecule has 1 heterocycles. The van der Waals surface area contributed by atoms with E-state index in [1.54, 1.807) is 0 Å². The molecular formula is C17H19ClN2O. The molecule has 0 amide bonds. The fourth-order valence-corrected chi connectivity index (χ4v) is 3.42. The average Bonchev–Trinajstić information content (AvgIpc) is 3.03. The Morgan fingerprint density at radius 3 is 2.95 bits per heavy atom. The quantitative estimate of drug-likeness (QED) is 0.863. The zero-order valence-electron chi connectivity index (χ0n) is 12.4. The molecule has 0 saturated heterocycles. The maximum Gasteiger partial charge on any atom is 0.146 e. The Labute approximate surface area is 129 Å². The molecule has 0 spiro atoms. The number of carbonyl (C=O) groups is 1. The van der Waals surface area contributed by atoms with E-state index in [0.717, 1.165) is 30.8 Å². The van der Waals surface area contributed by atoms with Crippen LogP contribution < -0.4 is 0 Å². The lowest BCUT2D eigenvalue weighted by Crippen LogP contribution is -2.15. The number of benzene rings is 1. The van der Waals surface area contributed by atoms with Crippen LogP contribution in [0.1, 0.15) is 41.8 Å². The molecule has 1 aliphatic rings. The van der Waals surface area contributed by atoms with E-state index < -0.39 is 0 Å². The second kappa shape index (κ2) is 5.64. The van der Waals surface area contributed by atoms with Crippen molar-refractivity contribution in [1.82, 2.24) is 9.78 Å². The van der Waals surface area contributed by atoms with Crippen molar-refractivity contribution in [3.63, 3.8) is 0 Å². The largest absolute Gasteiger partial charge is 0.299 e. The third-order valence-electron chi connectivity index (χ3n) is 4.32. The van der Waals surface area contributed by atoms with Crippen molar-refractivity contribution in [3.05, 3.63) is 51.8 Å². The Hall–Kier alpha value is -1.61. The minimum atomic E-state index is 0.0118. The molecule has 2 aromatic rings. The summed E-state index contributed by atoms with van der Waals surface area (Å²) in [6, 6.07) is 8.25. The van der Waals surface area contributed by atoms with Gasteiger partial charge in [-0.2, -0.15) is 5.10 Å². The van der Waals surface area contributed by atoms with Crippen LogP contribution in [-0.2, 0) is 24.2 Å². The number of carbonyl (C=O) groups excluding carboxylic acids is 1. The first kappa shape index (κ1) is 14.3. The average molecular weight is 303 g/mol. The summed E-state index contributed by atoms with van der Waals surface area (Å²) >= 11 is 6.31. The predicted molar refractivity (Wildman–Crippen MR) is 83.9 cm³/mol. The van der Waals surface area contributed by atoms with Gasteiger partial charge in [-0.1, -0.05) is 35.9 Å².